The molecule has 3 N–H and O–H groups in total. The van der Waals surface area contributed by atoms with Crippen LogP contribution in [0.15, 0.2) is 24.3 Å². The molecule has 1 rings (SSSR count). The van der Waals surface area contributed by atoms with Crippen LogP contribution in [0.4, 0.5) is 0 Å². The van der Waals surface area contributed by atoms with E-state index in [1.807, 2.05) is 19.1 Å². The fraction of sp³-hybridized carbons (Fsp3) is 0.467. The van der Waals surface area contributed by atoms with Crippen LogP contribution >= 0.6 is 0 Å². The molecule has 1 aromatic carbocycles. The van der Waals surface area contributed by atoms with Crippen LogP contribution in [0.2, 0.25) is 0 Å². The van der Waals surface area contributed by atoms with E-state index in [-0.39, 0.29) is 11.9 Å². The minimum Gasteiger partial charge on any atom is -0.465 e. The van der Waals surface area contributed by atoms with Gasteiger partial charge in [-0.15, -0.1) is 0 Å². The van der Waals surface area contributed by atoms with E-state index < -0.39 is 6.04 Å². The zero-order valence-electron chi connectivity index (χ0n) is 12.0. The van der Waals surface area contributed by atoms with E-state index in [0.717, 1.165) is 12.0 Å². The van der Waals surface area contributed by atoms with Crippen molar-refractivity contribution < 1.29 is 14.3 Å². The average molecular weight is 278 g/mol. The predicted molar refractivity (Wildman–Crippen MR) is 77.4 cm³/mol. The van der Waals surface area contributed by atoms with E-state index in [1.54, 1.807) is 12.1 Å². The Morgan fingerprint density at radius 2 is 1.95 bits per heavy atom. The Bertz CT molecular complexity index is 443. The molecule has 1 unspecified atom stereocenters. The number of benzene rings is 1. The van der Waals surface area contributed by atoms with Crippen molar-refractivity contribution in [2.75, 3.05) is 13.7 Å². The normalized spacial score (nSPS) is 11.8. The number of rotatable bonds is 7. The summed E-state index contributed by atoms with van der Waals surface area (Å²) in [5, 5.41) is 2.81. The zero-order valence-corrected chi connectivity index (χ0v) is 12.0. The molecule has 0 radical (unpaired) electrons. The lowest BCUT2D eigenvalue weighted by atomic mass is 10.1. The number of methoxy groups -OCH3 is 1. The van der Waals surface area contributed by atoms with Gasteiger partial charge in [-0.2, -0.15) is 0 Å². The molecule has 5 nitrogen and oxygen atoms in total. The highest BCUT2D eigenvalue weighted by Crippen LogP contribution is 2.06. The Balaban J connectivity index is 2.39. The second-order valence-electron chi connectivity index (χ2n) is 4.62. The smallest absolute Gasteiger partial charge is 0.337 e. The fourth-order valence-corrected chi connectivity index (χ4v) is 1.83. The van der Waals surface area contributed by atoms with Crippen LogP contribution < -0.4 is 11.1 Å². The first-order chi connectivity index (χ1) is 9.58. The first-order valence-corrected chi connectivity index (χ1v) is 6.79. The van der Waals surface area contributed by atoms with Gasteiger partial charge in [0, 0.05) is 6.54 Å². The third-order valence-electron chi connectivity index (χ3n) is 3.02. The average Bonchev–Trinajstić information content (AvgIpc) is 2.47. The summed E-state index contributed by atoms with van der Waals surface area (Å²) in [4.78, 5) is 22.9. The molecule has 0 spiro atoms. The lowest BCUT2D eigenvalue weighted by Crippen LogP contribution is -2.41. The summed E-state index contributed by atoms with van der Waals surface area (Å²) in [6.07, 6.45) is 2.29. The van der Waals surface area contributed by atoms with Gasteiger partial charge in [0.05, 0.1) is 18.7 Å². The number of carbonyl (C=O) groups excluding carboxylic acids is 2. The number of ether oxygens (including phenoxy) is 1. The van der Waals surface area contributed by atoms with Gasteiger partial charge >= 0.3 is 5.97 Å². The van der Waals surface area contributed by atoms with E-state index in [2.05, 4.69) is 10.1 Å². The maximum absolute atomic E-state index is 11.6. The van der Waals surface area contributed by atoms with E-state index >= 15 is 0 Å². The van der Waals surface area contributed by atoms with Crippen LogP contribution in [0.25, 0.3) is 0 Å². The number of nitrogens with one attached hydrogen (secondary N) is 1. The van der Waals surface area contributed by atoms with Gasteiger partial charge in [0.2, 0.25) is 5.91 Å². The Labute approximate surface area is 119 Å². The van der Waals surface area contributed by atoms with Crippen molar-refractivity contribution in [1.29, 1.82) is 0 Å². The van der Waals surface area contributed by atoms with Gasteiger partial charge in [-0.25, -0.2) is 4.79 Å². The first-order valence-electron chi connectivity index (χ1n) is 6.79. The van der Waals surface area contributed by atoms with Crippen molar-refractivity contribution in [3.8, 4) is 0 Å². The predicted octanol–water partition coefficient (Wildman–Crippen LogP) is 1.26. The SMILES string of the molecule is CCCC(N)C(=O)NCCc1ccc(C(=O)OC)cc1. The molecule has 1 aromatic rings. The second kappa shape index (κ2) is 8.32. The molecule has 0 bridgehead atoms. The van der Waals surface area contributed by atoms with Gasteiger partial charge in [0.1, 0.15) is 0 Å². The summed E-state index contributed by atoms with van der Waals surface area (Å²) in [6, 6.07) is 6.70. The van der Waals surface area contributed by atoms with Gasteiger partial charge in [-0.3, -0.25) is 4.79 Å². The number of hydrogen-bond donors (Lipinski definition) is 2. The van der Waals surface area contributed by atoms with Crippen molar-refractivity contribution in [2.24, 2.45) is 5.73 Å². The lowest BCUT2D eigenvalue weighted by Gasteiger charge is -2.11. The zero-order chi connectivity index (χ0) is 15.0. The molecule has 0 saturated carbocycles. The molecule has 0 aliphatic rings. The van der Waals surface area contributed by atoms with E-state index in [0.29, 0.717) is 24.9 Å². The fourth-order valence-electron chi connectivity index (χ4n) is 1.83. The van der Waals surface area contributed by atoms with E-state index in [4.69, 9.17) is 5.73 Å². The van der Waals surface area contributed by atoms with Crippen LogP contribution in [0.1, 0.15) is 35.7 Å². The van der Waals surface area contributed by atoms with Crippen molar-refractivity contribution >= 4 is 11.9 Å². The maximum Gasteiger partial charge on any atom is 0.337 e. The van der Waals surface area contributed by atoms with Gasteiger partial charge in [0.25, 0.3) is 0 Å². The van der Waals surface area contributed by atoms with Crippen molar-refractivity contribution in [3.63, 3.8) is 0 Å². The van der Waals surface area contributed by atoms with Gasteiger partial charge in [-0.1, -0.05) is 25.5 Å². The minimum absolute atomic E-state index is 0.113. The molecular weight excluding hydrogens is 256 g/mol. The molecule has 1 atom stereocenters. The van der Waals surface area contributed by atoms with Crippen molar-refractivity contribution in [2.45, 2.75) is 32.2 Å². The summed E-state index contributed by atoms with van der Waals surface area (Å²) in [5.41, 5.74) is 7.27. The third kappa shape index (κ3) is 5.01. The Hall–Kier alpha value is -1.88. The molecule has 110 valence electrons. The molecule has 0 aliphatic heterocycles. The first kappa shape index (κ1) is 16.2. The quantitative estimate of drug-likeness (QED) is 0.736. The molecule has 0 saturated heterocycles. The Kier molecular flexibility index (Phi) is 6.73. The summed E-state index contributed by atoms with van der Waals surface area (Å²) >= 11 is 0. The van der Waals surface area contributed by atoms with Crippen molar-refractivity contribution in [3.05, 3.63) is 35.4 Å². The second-order valence-corrected chi connectivity index (χ2v) is 4.62. The highest BCUT2D eigenvalue weighted by Gasteiger charge is 2.11. The third-order valence-corrected chi connectivity index (χ3v) is 3.02. The van der Waals surface area contributed by atoms with Gasteiger partial charge < -0.3 is 15.8 Å². The van der Waals surface area contributed by atoms with Crippen LogP contribution in [0.3, 0.4) is 0 Å². The van der Waals surface area contributed by atoms with E-state index in [9.17, 15) is 9.59 Å². The molecule has 5 heteroatoms. The van der Waals surface area contributed by atoms with E-state index in [1.165, 1.54) is 7.11 Å². The summed E-state index contributed by atoms with van der Waals surface area (Å²) in [6.45, 7) is 2.53. The van der Waals surface area contributed by atoms with Crippen LogP contribution in [0, 0.1) is 0 Å². The largest absolute Gasteiger partial charge is 0.465 e. The molecule has 20 heavy (non-hydrogen) atoms. The standard InChI is InChI=1S/C15H22N2O3/c1-3-4-13(16)14(18)17-10-9-11-5-7-12(8-6-11)15(19)20-2/h5-8,13H,3-4,9-10,16H2,1-2H3,(H,17,18). The van der Waals surface area contributed by atoms with Crippen LogP contribution in [-0.4, -0.2) is 31.6 Å². The van der Waals surface area contributed by atoms with Crippen LogP contribution in [-0.2, 0) is 16.0 Å². The maximum atomic E-state index is 11.6. The highest BCUT2D eigenvalue weighted by molar-refractivity contribution is 5.89. The highest BCUT2D eigenvalue weighted by atomic mass is 16.5. The monoisotopic (exact) mass is 278 g/mol. The number of esters is 1. The summed E-state index contributed by atoms with van der Waals surface area (Å²) < 4.78 is 4.63. The summed E-state index contributed by atoms with van der Waals surface area (Å²) in [5.74, 6) is -0.464. The molecule has 0 heterocycles. The topological polar surface area (TPSA) is 81.4 Å². The molecule has 0 aromatic heterocycles. The molecule has 1 amide bonds. The molecule has 0 aliphatic carbocycles. The van der Waals surface area contributed by atoms with Gasteiger partial charge in [0.15, 0.2) is 0 Å². The number of nitrogens with two attached hydrogens (primary N) is 1. The molecular formula is C15H22N2O3. The number of hydrogen-bond acceptors (Lipinski definition) is 4. The Morgan fingerprint density at radius 1 is 1.30 bits per heavy atom. The van der Waals surface area contributed by atoms with Crippen molar-refractivity contribution in [1.82, 2.24) is 5.32 Å². The minimum atomic E-state index is -0.429. The van der Waals surface area contributed by atoms with Crippen LogP contribution in [0.5, 0.6) is 0 Å². The number of carbonyl (C=O) groups is 2. The van der Waals surface area contributed by atoms with Gasteiger partial charge in [-0.05, 0) is 30.5 Å². The number of amides is 1. The summed E-state index contributed by atoms with van der Waals surface area (Å²) in [7, 11) is 1.35. The lowest BCUT2D eigenvalue weighted by molar-refractivity contribution is -0.122. The Morgan fingerprint density at radius 3 is 2.50 bits per heavy atom. The molecule has 0 fully saturated rings.